The lowest BCUT2D eigenvalue weighted by atomic mass is 10.1. The summed E-state index contributed by atoms with van der Waals surface area (Å²) >= 11 is 0. The molecule has 1 amide bonds. The molecule has 0 aliphatic carbocycles. The number of carbonyl (C=O) groups excluding carboxylic acids is 1. The number of hydrogen-bond acceptors (Lipinski definition) is 3. The predicted octanol–water partition coefficient (Wildman–Crippen LogP) is 4.71. The van der Waals surface area contributed by atoms with Crippen molar-refractivity contribution < 1.29 is 4.79 Å². The molecule has 0 aliphatic rings. The van der Waals surface area contributed by atoms with E-state index in [0.717, 1.165) is 25.4 Å². The minimum Gasteiger partial charge on any atom is -0.325 e. The van der Waals surface area contributed by atoms with Gasteiger partial charge in [-0.05, 0) is 67.8 Å². The Labute approximate surface area is 227 Å². The average Bonchev–Trinajstić information content (AvgIpc) is 2.98. The number of rotatable bonds is 10. The molecular formula is C32H31N3O3P+. The van der Waals surface area contributed by atoms with Crippen LogP contribution >= 0.6 is 7.26 Å². The maximum absolute atomic E-state index is 12.8. The molecule has 7 heteroatoms. The van der Waals surface area contributed by atoms with Crippen LogP contribution in [0, 0.1) is 0 Å². The molecule has 1 heterocycles. The second-order valence-electron chi connectivity index (χ2n) is 9.54. The second kappa shape index (κ2) is 12.1. The summed E-state index contributed by atoms with van der Waals surface area (Å²) in [5, 5.41) is 12.0. The van der Waals surface area contributed by atoms with Crippen LogP contribution in [0.15, 0.2) is 119 Å². The first kappa shape index (κ1) is 26.3. The first-order valence-electron chi connectivity index (χ1n) is 13.2. The number of benzene rings is 4. The van der Waals surface area contributed by atoms with Gasteiger partial charge in [0.1, 0.15) is 23.2 Å². The lowest BCUT2D eigenvalue weighted by Gasteiger charge is -2.27. The fraction of sp³-hybridized carbons (Fsp3) is 0.156. The molecule has 0 bridgehead atoms. The van der Waals surface area contributed by atoms with Gasteiger partial charge < -0.3 is 5.32 Å². The molecular weight excluding hydrogens is 505 g/mol. The second-order valence-corrected chi connectivity index (χ2v) is 13.2. The Morgan fingerprint density at radius 1 is 0.615 bits per heavy atom. The summed E-state index contributed by atoms with van der Waals surface area (Å²) in [5.41, 5.74) is -0.488. The summed E-state index contributed by atoms with van der Waals surface area (Å²) in [6.45, 7) is 0. The van der Waals surface area contributed by atoms with Gasteiger partial charge in [0.2, 0.25) is 5.91 Å². The Kier molecular flexibility index (Phi) is 8.14. The highest BCUT2D eigenvalue weighted by Crippen LogP contribution is 2.56. The number of amides is 1. The molecule has 0 saturated heterocycles. The van der Waals surface area contributed by atoms with E-state index in [0.29, 0.717) is 12.1 Å². The maximum Gasteiger partial charge on any atom is 0.272 e. The fourth-order valence-corrected chi connectivity index (χ4v) is 9.65. The lowest BCUT2D eigenvalue weighted by molar-refractivity contribution is -0.116. The number of carbonyl (C=O) groups is 1. The van der Waals surface area contributed by atoms with Gasteiger partial charge in [-0.2, -0.15) is 0 Å². The zero-order chi connectivity index (χ0) is 27.1. The largest absolute Gasteiger partial charge is 0.325 e. The minimum absolute atomic E-state index is 0.169. The molecule has 3 N–H and O–H groups in total. The van der Waals surface area contributed by atoms with Crippen molar-refractivity contribution in [3.63, 3.8) is 0 Å². The first-order chi connectivity index (χ1) is 19.1. The number of H-pyrrole nitrogens is 2. The van der Waals surface area contributed by atoms with Crippen molar-refractivity contribution in [1.82, 2.24) is 10.2 Å². The topological polar surface area (TPSA) is 94.8 Å². The standard InChI is InChI=1S/C32H30N3O3P/c36-29(33-28-21-13-20-27-30(28)32(38)35-34-31(27)37)22-11-4-12-23-39(24-14-5-1-6-15-24,25-16-7-2-8-17-25)26-18-9-3-10-19-26/h1-3,5-10,13-21H,4,11-12,22-23H2,(H2-,33,34,35,36,37,38)/p+1. The number of aromatic nitrogens is 2. The van der Waals surface area contributed by atoms with Crippen LogP contribution < -0.4 is 32.3 Å². The highest BCUT2D eigenvalue weighted by molar-refractivity contribution is 7.95. The van der Waals surface area contributed by atoms with Gasteiger partial charge in [0.05, 0.1) is 22.6 Å². The number of anilines is 1. The number of fused-ring (bicyclic) bond motifs is 1. The van der Waals surface area contributed by atoms with Gasteiger partial charge in [-0.15, -0.1) is 0 Å². The van der Waals surface area contributed by atoms with E-state index in [1.54, 1.807) is 18.2 Å². The van der Waals surface area contributed by atoms with Crippen LogP contribution in [0.2, 0.25) is 0 Å². The van der Waals surface area contributed by atoms with E-state index in [9.17, 15) is 14.4 Å². The van der Waals surface area contributed by atoms with Crippen LogP contribution in [-0.2, 0) is 4.79 Å². The Morgan fingerprint density at radius 3 is 1.72 bits per heavy atom. The third-order valence-electron chi connectivity index (χ3n) is 7.09. The Bertz CT molecular complexity index is 1570. The molecule has 5 rings (SSSR count). The molecule has 0 spiro atoms. The quantitative estimate of drug-likeness (QED) is 0.178. The zero-order valence-electron chi connectivity index (χ0n) is 21.6. The van der Waals surface area contributed by atoms with Gasteiger partial charge in [0.25, 0.3) is 11.1 Å². The smallest absolute Gasteiger partial charge is 0.272 e. The van der Waals surface area contributed by atoms with E-state index in [-0.39, 0.29) is 16.7 Å². The first-order valence-corrected chi connectivity index (χ1v) is 15.2. The van der Waals surface area contributed by atoms with Crippen molar-refractivity contribution in [2.45, 2.75) is 25.7 Å². The lowest BCUT2D eigenvalue weighted by Crippen LogP contribution is -2.33. The highest BCUT2D eigenvalue weighted by Gasteiger charge is 2.44. The van der Waals surface area contributed by atoms with Crippen LogP contribution in [0.4, 0.5) is 5.69 Å². The van der Waals surface area contributed by atoms with Crippen molar-refractivity contribution in [2.75, 3.05) is 11.5 Å². The minimum atomic E-state index is -1.88. The van der Waals surface area contributed by atoms with Crippen LogP contribution in [0.1, 0.15) is 25.7 Å². The summed E-state index contributed by atoms with van der Waals surface area (Å²) in [4.78, 5) is 37.1. The monoisotopic (exact) mass is 536 g/mol. The molecule has 0 radical (unpaired) electrons. The zero-order valence-corrected chi connectivity index (χ0v) is 22.5. The summed E-state index contributed by atoms with van der Waals surface area (Å²) < 4.78 is 0. The maximum atomic E-state index is 12.8. The van der Waals surface area contributed by atoms with Crippen LogP contribution in [0.25, 0.3) is 10.8 Å². The molecule has 0 unspecified atom stereocenters. The molecule has 4 aromatic carbocycles. The Hall–Kier alpha value is -4.28. The molecule has 196 valence electrons. The van der Waals surface area contributed by atoms with Gasteiger partial charge in [0, 0.05) is 6.42 Å². The van der Waals surface area contributed by atoms with Crippen molar-refractivity contribution in [2.24, 2.45) is 0 Å². The van der Waals surface area contributed by atoms with Crippen molar-refractivity contribution in [3.8, 4) is 0 Å². The molecule has 6 nitrogen and oxygen atoms in total. The van der Waals surface area contributed by atoms with Gasteiger partial charge in [-0.1, -0.05) is 60.7 Å². The molecule has 1 aromatic heterocycles. The van der Waals surface area contributed by atoms with Gasteiger partial charge in [-0.25, -0.2) is 0 Å². The predicted molar refractivity (Wildman–Crippen MR) is 162 cm³/mol. The Morgan fingerprint density at radius 2 is 1.15 bits per heavy atom. The van der Waals surface area contributed by atoms with E-state index in [1.807, 2.05) is 0 Å². The van der Waals surface area contributed by atoms with Crippen LogP contribution in [0.5, 0.6) is 0 Å². The average molecular weight is 537 g/mol. The summed E-state index contributed by atoms with van der Waals surface area (Å²) in [6.07, 6.45) is 3.95. The van der Waals surface area contributed by atoms with Crippen molar-refractivity contribution >= 4 is 45.5 Å². The molecule has 0 atom stereocenters. The highest BCUT2D eigenvalue weighted by atomic mass is 31.2. The van der Waals surface area contributed by atoms with Crippen LogP contribution in [0.3, 0.4) is 0 Å². The molecule has 0 fully saturated rings. The van der Waals surface area contributed by atoms with Crippen LogP contribution in [-0.4, -0.2) is 22.3 Å². The molecule has 0 saturated carbocycles. The normalized spacial score (nSPS) is 11.4. The van der Waals surface area contributed by atoms with E-state index >= 15 is 0 Å². The third-order valence-corrected chi connectivity index (χ3v) is 11.6. The van der Waals surface area contributed by atoms with Gasteiger partial charge in [0.15, 0.2) is 0 Å². The number of unbranched alkanes of at least 4 members (excludes halogenated alkanes) is 2. The number of hydrogen-bond donors (Lipinski definition) is 3. The van der Waals surface area contributed by atoms with E-state index in [2.05, 4.69) is 107 Å². The molecule has 39 heavy (non-hydrogen) atoms. The van der Waals surface area contributed by atoms with Gasteiger partial charge >= 0.3 is 0 Å². The number of aromatic amines is 2. The Balaban J connectivity index is 1.30. The number of nitrogens with one attached hydrogen (secondary N) is 3. The van der Waals surface area contributed by atoms with Crippen molar-refractivity contribution in [1.29, 1.82) is 0 Å². The summed E-state index contributed by atoms with van der Waals surface area (Å²) in [6, 6.07) is 37.3. The SMILES string of the molecule is O=C(CCCCC[P+](c1ccccc1)(c1ccccc1)c1ccccc1)Nc1cccc2c(=O)[nH][nH]c(=O)c12. The third kappa shape index (κ3) is 5.62. The summed E-state index contributed by atoms with van der Waals surface area (Å²) in [7, 11) is -1.88. The molecule has 5 aromatic rings. The van der Waals surface area contributed by atoms with Crippen molar-refractivity contribution in [3.05, 3.63) is 130 Å². The summed E-state index contributed by atoms with van der Waals surface area (Å²) in [5.74, 6) is -0.169. The van der Waals surface area contributed by atoms with E-state index in [4.69, 9.17) is 0 Å². The van der Waals surface area contributed by atoms with E-state index in [1.165, 1.54) is 15.9 Å². The fourth-order valence-electron chi connectivity index (χ4n) is 5.24. The molecule has 0 aliphatic heterocycles. The van der Waals surface area contributed by atoms with E-state index < -0.39 is 18.4 Å². The van der Waals surface area contributed by atoms with Gasteiger partial charge in [-0.3, -0.25) is 24.6 Å².